The predicted octanol–water partition coefficient (Wildman–Crippen LogP) is 1.06. The molecule has 12 heavy (non-hydrogen) atoms. The third-order valence-corrected chi connectivity index (χ3v) is 4.26. The van der Waals surface area contributed by atoms with Crippen LogP contribution in [0.1, 0.15) is 6.42 Å². The Kier molecular flexibility index (Phi) is 5.74. The number of nitrogens with zero attached hydrogens (tertiary/aromatic N) is 1. The number of nitrogens with two attached hydrogens (primary N) is 1. The van der Waals surface area contributed by atoms with Crippen LogP contribution in [0.2, 0.25) is 18.6 Å². The van der Waals surface area contributed by atoms with Gasteiger partial charge >= 0.3 is 0 Å². The van der Waals surface area contributed by atoms with Gasteiger partial charge in [-0.3, -0.25) is 4.80 Å². The molecule has 0 spiro atoms. The summed E-state index contributed by atoms with van der Waals surface area (Å²) in [7, 11) is 1.69. The summed E-state index contributed by atoms with van der Waals surface area (Å²) in [4.78, 5) is 13.7. The first-order valence-electron chi connectivity index (χ1n) is 4.38. The van der Waals surface area contributed by atoms with Crippen molar-refractivity contribution in [1.82, 2.24) is 4.90 Å². The van der Waals surface area contributed by atoms with Gasteiger partial charge < -0.3 is 10.6 Å². The molecule has 0 saturated carbocycles. The highest BCUT2D eigenvalue weighted by Gasteiger charge is 2.26. The van der Waals surface area contributed by atoms with E-state index in [1.807, 2.05) is 32.1 Å². The molecule has 0 aliphatic heterocycles. The first-order chi connectivity index (χ1) is 5.48. The van der Waals surface area contributed by atoms with Crippen LogP contribution in [-0.2, 0) is 4.80 Å². The van der Waals surface area contributed by atoms with Crippen molar-refractivity contribution in [2.75, 3.05) is 20.6 Å². The SMILES string of the molecule is CN(C)[CH]C[Si](C)([O])CCCN. The molecular formula is C8H20N2OSi. The second-order valence-corrected chi connectivity index (χ2v) is 7.50. The summed E-state index contributed by atoms with van der Waals surface area (Å²) in [6, 6.07) is 1.52. The van der Waals surface area contributed by atoms with E-state index in [0.717, 1.165) is 18.5 Å². The van der Waals surface area contributed by atoms with Gasteiger partial charge in [0.05, 0.1) is 0 Å². The van der Waals surface area contributed by atoms with Crippen LogP contribution in [0, 0.1) is 6.54 Å². The summed E-state index contributed by atoms with van der Waals surface area (Å²) in [5.41, 5.74) is 5.35. The fraction of sp³-hybridized carbons (Fsp3) is 0.875. The van der Waals surface area contributed by atoms with E-state index in [0.29, 0.717) is 6.54 Å². The van der Waals surface area contributed by atoms with Crippen LogP contribution >= 0.6 is 0 Å². The second kappa shape index (κ2) is 5.69. The molecule has 0 bridgehead atoms. The average molecular weight is 188 g/mol. The Hall–Kier alpha value is 0.0969. The van der Waals surface area contributed by atoms with Crippen molar-refractivity contribution >= 4 is 8.32 Å². The summed E-state index contributed by atoms with van der Waals surface area (Å²) < 4.78 is 0. The van der Waals surface area contributed by atoms with Crippen LogP contribution in [-0.4, -0.2) is 33.9 Å². The van der Waals surface area contributed by atoms with Crippen LogP contribution in [0.4, 0.5) is 0 Å². The van der Waals surface area contributed by atoms with Crippen molar-refractivity contribution in [3.8, 4) is 0 Å². The van der Waals surface area contributed by atoms with E-state index in [1.165, 1.54) is 0 Å². The van der Waals surface area contributed by atoms with Crippen molar-refractivity contribution in [3.05, 3.63) is 6.54 Å². The Balaban J connectivity index is 3.56. The summed E-state index contributed by atoms with van der Waals surface area (Å²) in [5.74, 6) is 0. The normalized spacial score (nSPS) is 16.5. The fourth-order valence-electron chi connectivity index (χ4n) is 0.954. The Morgan fingerprint density at radius 2 is 2.08 bits per heavy atom. The van der Waals surface area contributed by atoms with Gasteiger partial charge in [-0.05, 0) is 45.7 Å². The molecule has 4 heteroatoms. The maximum Gasteiger partial charge on any atom is 0.236 e. The minimum atomic E-state index is -2.21. The molecule has 1 unspecified atom stereocenters. The lowest BCUT2D eigenvalue weighted by atomic mass is 10.5. The van der Waals surface area contributed by atoms with Gasteiger partial charge in [-0.1, -0.05) is 0 Å². The Morgan fingerprint density at radius 3 is 2.50 bits per heavy atom. The smallest absolute Gasteiger partial charge is 0.236 e. The van der Waals surface area contributed by atoms with Crippen molar-refractivity contribution in [1.29, 1.82) is 0 Å². The van der Waals surface area contributed by atoms with Gasteiger partial charge in [-0.2, -0.15) is 0 Å². The molecule has 2 radical (unpaired) electrons. The third kappa shape index (κ3) is 6.79. The zero-order chi connectivity index (χ0) is 9.61. The Bertz CT molecular complexity index is 118. The predicted molar refractivity (Wildman–Crippen MR) is 53.6 cm³/mol. The molecule has 0 aromatic rings. The molecule has 0 rings (SSSR count). The van der Waals surface area contributed by atoms with Crippen molar-refractivity contribution in [2.24, 2.45) is 5.73 Å². The second-order valence-electron chi connectivity index (χ2n) is 3.69. The van der Waals surface area contributed by atoms with Crippen molar-refractivity contribution in [3.63, 3.8) is 0 Å². The Labute approximate surface area is 76.7 Å². The van der Waals surface area contributed by atoms with E-state index in [-0.39, 0.29) is 0 Å². The molecule has 0 aliphatic carbocycles. The van der Waals surface area contributed by atoms with Gasteiger partial charge in [0.2, 0.25) is 8.32 Å². The van der Waals surface area contributed by atoms with Gasteiger partial charge in [0.25, 0.3) is 0 Å². The summed E-state index contributed by atoms with van der Waals surface area (Å²) in [6.45, 7) is 4.51. The van der Waals surface area contributed by atoms with Crippen LogP contribution in [0.3, 0.4) is 0 Å². The highest BCUT2D eigenvalue weighted by molar-refractivity contribution is 6.71. The van der Waals surface area contributed by atoms with Crippen molar-refractivity contribution in [2.45, 2.75) is 25.1 Å². The molecule has 72 valence electrons. The van der Waals surface area contributed by atoms with Gasteiger partial charge in [-0.15, -0.1) is 0 Å². The minimum absolute atomic E-state index is 0.646. The van der Waals surface area contributed by atoms with Crippen LogP contribution in [0.25, 0.3) is 0 Å². The zero-order valence-corrected chi connectivity index (χ0v) is 9.34. The van der Waals surface area contributed by atoms with Crippen LogP contribution < -0.4 is 5.73 Å². The lowest BCUT2D eigenvalue weighted by molar-refractivity contribution is 0.408. The molecule has 0 heterocycles. The molecule has 2 N–H and O–H groups in total. The first-order valence-corrected chi connectivity index (χ1v) is 7.20. The largest absolute Gasteiger partial charge is 0.330 e. The molecule has 0 fully saturated rings. The maximum absolute atomic E-state index is 11.8. The van der Waals surface area contributed by atoms with E-state index in [1.54, 1.807) is 0 Å². The van der Waals surface area contributed by atoms with Crippen LogP contribution in [0.15, 0.2) is 0 Å². The lowest BCUT2D eigenvalue weighted by Crippen LogP contribution is -2.30. The molecule has 3 nitrogen and oxygen atoms in total. The van der Waals surface area contributed by atoms with E-state index in [2.05, 4.69) is 0 Å². The standard InChI is InChI=1S/C8H20N2OSi/c1-10(2)6-8-12(3,11)7-4-5-9/h6H,4-5,7-9H2,1-3H3. The summed E-state index contributed by atoms with van der Waals surface area (Å²) in [6.07, 6.45) is 0.882. The molecular weight excluding hydrogens is 168 g/mol. The summed E-state index contributed by atoms with van der Waals surface area (Å²) in [5, 5.41) is 0. The van der Waals surface area contributed by atoms with E-state index in [4.69, 9.17) is 5.73 Å². The molecule has 0 aromatic carbocycles. The number of rotatable bonds is 6. The highest BCUT2D eigenvalue weighted by Crippen LogP contribution is 2.16. The van der Waals surface area contributed by atoms with Gasteiger partial charge in [0.15, 0.2) is 0 Å². The van der Waals surface area contributed by atoms with Gasteiger partial charge in [0.1, 0.15) is 0 Å². The topological polar surface area (TPSA) is 49.2 Å². The average Bonchev–Trinajstić information content (AvgIpc) is 1.98. The van der Waals surface area contributed by atoms with E-state index >= 15 is 0 Å². The number of hydrogen-bond acceptors (Lipinski definition) is 2. The molecule has 0 aliphatic rings. The Morgan fingerprint density at radius 1 is 1.50 bits per heavy atom. The fourth-order valence-corrected chi connectivity index (χ4v) is 2.86. The van der Waals surface area contributed by atoms with Crippen molar-refractivity contribution < 1.29 is 4.80 Å². The van der Waals surface area contributed by atoms with E-state index < -0.39 is 8.32 Å². The maximum atomic E-state index is 11.8. The monoisotopic (exact) mass is 188 g/mol. The summed E-state index contributed by atoms with van der Waals surface area (Å²) >= 11 is 0. The number of hydrogen-bond donors (Lipinski definition) is 1. The zero-order valence-electron chi connectivity index (χ0n) is 8.34. The quantitative estimate of drug-likeness (QED) is 0.634. The van der Waals surface area contributed by atoms with E-state index in [9.17, 15) is 4.80 Å². The van der Waals surface area contributed by atoms with Gasteiger partial charge in [0, 0.05) is 6.54 Å². The first kappa shape index (κ1) is 12.1. The third-order valence-electron chi connectivity index (χ3n) is 1.80. The molecule has 0 aromatic heterocycles. The minimum Gasteiger partial charge on any atom is -0.330 e. The van der Waals surface area contributed by atoms with Gasteiger partial charge in [-0.25, -0.2) is 0 Å². The molecule has 1 atom stereocenters. The lowest BCUT2D eigenvalue weighted by Gasteiger charge is -2.18. The van der Waals surface area contributed by atoms with Crippen LogP contribution in [0.5, 0.6) is 0 Å². The molecule has 0 saturated heterocycles. The molecule has 0 amide bonds. The highest BCUT2D eigenvalue weighted by atomic mass is 28.4.